The van der Waals surface area contributed by atoms with E-state index in [0.29, 0.717) is 5.92 Å². The van der Waals surface area contributed by atoms with Gasteiger partial charge in [-0.2, -0.15) is 0 Å². The first-order valence-electron chi connectivity index (χ1n) is 7.09. The standard InChI is InChI=1S/C18H23N/c1-4-14(2)17-11-7-6-10-16(17)13-19-18-12-8-5-9-15(18)3/h5-12,14,19H,4,13H2,1-3H3. The van der Waals surface area contributed by atoms with Gasteiger partial charge < -0.3 is 5.32 Å². The first-order chi connectivity index (χ1) is 9.22. The van der Waals surface area contributed by atoms with Crippen LogP contribution in [0.1, 0.15) is 42.9 Å². The van der Waals surface area contributed by atoms with Gasteiger partial charge in [0.15, 0.2) is 0 Å². The highest BCUT2D eigenvalue weighted by molar-refractivity contribution is 5.51. The van der Waals surface area contributed by atoms with Crippen LogP contribution in [0.4, 0.5) is 5.69 Å². The molecule has 0 spiro atoms. The second kappa shape index (κ2) is 6.42. The molecule has 0 saturated carbocycles. The molecule has 19 heavy (non-hydrogen) atoms. The molecule has 1 N–H and O–H groups in total. The van der Waals surface area contributed by atoms with Crippen LogP contribution in [0, 0.1) is 6.92 Å². The Morgan fingerprint density at radius 2 is 1.68 bits per heavy atom. The maximum Gasteiger partial charge on any atom is 0.0403 e. The SMILES string of the molecule is CCC(C)c1ccccc1CNc1ccccc1C. The van der Waals surface area contributed by atoms with E-state index in [1.54, 1.807) is 0 Å². The van der Waals surface area contributed by atoms with Crippen LogP contribution in [0.2, 0.25) is 0 Å². The summed E-state index contributed by atoms with van der Waals surface area (Å²) >= 11 is 0. The molecule has 0 amide bonds. The quantitative estimate of drug-likeness (QED) is 0.779. The van der Waals surface area contributed by atoms with Crippen LogP contribution in [0.25, 0.3) is 0 Å². The van der Waals surface area contributed by atoms with Crippen LogP contribution >= 0.6 is 0 Å². The Kier molecular flexibility index (Phi) is 4.62. The molecule has 0 fully saturated rings. The Morgan fingerprint density at radius 1 is 1.00 bits per heavy atom. The summed E-state index contributed by atoms with van der Waals surface area (Å²) in [4.78, 5) is 0. The maximum absolute atomic E-state index is 3.55. The molecule has 1 heteroatoms. The highest BCUT2D eigenvalue weighted by Gasteiger charge is 2.08. The van der Waals surface area contributed by atoms with E-state index in [1.807, 2.05) is 0 Å². The number of hydrogen-bond donors (Lipinski definition) is 1. The van der Waals surface area contributed by atoms with Crippen molar-refractivity contribution in [1.29, 1.82) is 0 Å². The van der Waals surface area contributed by atoms with E-state index in [0.717, 1.165) is 6.54 Å². The normalized spacial score (nSPS) is 12.2. The fourth-order valence-electron chi connectivity index (χ4n) is 2.36. The highest BCUT2D eigenvalue weighted by atomic mass is 14.9. The van der Waals surface area contributed by atoms with E-state index in [2.05, 4.69) is 74.6 Å². The topological polar surface area (TPSA) is 12.0 Å². The van der Waals surface area contributed by atoms with Crippen molar-refractivity contribution in [3.8, 4) is 0 Å². The van der Waals surface area contributed by atoms with Crippen molar-refractivity contribution in [3.05, 3.63) is 65.2 Å². The minimum absolute atomic E-state index is 0.620. The van der Waals surface area contributed by atoms with Gasteiger partial charge in [-0.25, -0.2) is 0 Å². The summed E-state index contributed by atoms with van der Waals surface area (Å²) in [6.45, 7) is 7.58. The molecule has 1 nitrogen and oxygen atoms in total. The summed E-state index contributed by atoms with van der Waals surface area (Å²) in [6, 6.07) is 17.2. The third-order valence-electron chi connectivity index (χ3n) is 3.81. The van der Waals surface area contributed by atoms with Gasteiger partial charge in [-0.1, -0.05) is 56.3 Å². The predicted molar refractivity (Wildman–Crippen MR) is 83.7 cm³/mol. The van der Waals surface area contributed by atoms with Crippen molar-refractivity contribution in [2.24, 2.45) is 0 Å². The summed E-state index contributed by atoms with van der Waals surface area (Å²) in [5.74, 6) is 0.620. The van der Waals surface area contributed by atoms with Crippen LogP contribution in [0.15, 0.2) is 48.5 Å². The minimum Gasteiger partial charge on any atom is -0.381 e. The zero-order chi connectivity index (χ0) is 13.7. The smallest absolute Gasteiger partial charge is 0.0403 e. The molecule has 0 saturated heterocycles. The second-order valence-corrected chi connectivity index (χ2v) is 5.18. The van der Waals surface area contributed by atoms with Crippen molar-refractivity contribution >= 4 is 5.69 Å². The molecule has 0 radical (unpaired) electrons. The number of nitrogens with one attached hydrogen (secondary N) is 1. The van der Waals surface area contributed by atoms with Crippen LogP contribution in [-0.2, 0) is 6.54 Å². The van der Waals surface area contributed by atoms with Crippen LogP contribution in [-0.4, -0.2) is 0 Å². The van der Waals surface area contributed by atoms with Crippen molar-refractivity contribution in [2.45, 2.75) is 39.7 Å². The molecular formula is C18H23N. The monoisotopic (exact) mass is 253 g/mol. The molecule has 2 aromatic carbocycles. The van der Waals surface area contributed by atoms with Gasteiger partial charge in [0.25, 0.3) is 0 Å². The molecule has 1 atom stereocenters. The van der Waals surface area contributed by atoms with Gasteiger partial charge in [-0.15, -0.1) is 0 Å². The number of para-hydroxylation sites is 1. The fraction of sp³-hybridized carbons (Fsp3) is 0.333. The first kappa shape index (κ1) is 13.7. The van der Waals surface area contributed by atoms with Crippen molar-refractivity contribution in [2.75, 3.05) is 5.32 Å². The fourth-order valence-corrected chi connectivity index (χ4v) is 2.36. The predicted octanol–water partition coefficient (Wildman–Crippen LogP) is 5.12. The maximum atomic E-state index is 3.55. The third kappa shape index (κ3) is 3.37. The number of benzene rings is 2. The zero-order valence-corrected chi connectivity index (χ0v) is 12.1. The van der Waals surface area contributed by atoms with Gasteiger partial charge in [-0.05, 0) is 42.0 Å². The Hall–Kier alpha value is -1.76. The Labute approximate surface area is 116 Å². The molecule has 2 rings (SSSR count). The molecule has 0 aliphatic rings. The summed E-state index contributed by atoms with van der Waals surface area (Å²) in [5, 5.41) is 3.55. The van der Waals surface area contributed by atoms with Gasteiger partial charge in [0.1, 0.15) is 0 Å². The van der Waals surface area contributed by atoms with Crippen molar-refractivity contribution in [3.63, 3.8) is 0 Å². The van der Waals surface area contributed by atoms with Crippen LogP contribution in [0.5, 0.6) is 0 Å². The lowest BCUT2D eigenvalue weighted by Crippen LogP contribution is -2.05. The van der Waals surface area contributed by atoms with E-state index in [9.17, 15) is 0 Å². The van der Waals surface area contributed by atoms with Gasteiger partial charge in [0.2, 0.25) is 0 Å². The highest BCUT2D eigenvalue weighted by Crippen LogP contribution is 2.24. The average Bonchev–Trinajstić information content (AvgIpc) is 2.46. The zero-order valence-electron chi connectivity index (χ0n) is 12.1. The Morgan fingerprint density at radius 3 is 2.42 bits per heavy atom. The van der Waals surface area contributed by atoms with E-state index in [-0.39, 0.29) is 0 Å². The van der Waals surface area contributed by atoms with E-state index >= 15 is 0 Å². The first-order valence-corrected chi connectivity index (χ1v) is 7.09. The summed E-state index contributed by atoms with van der Waals surface area (Å²) in [6.07, 6.45) is 1.18. The molecule has 0 aromatic heterocycles. The molecule has 0 bridgehead atoms. The van der Waals surface area contributed by atoms with Crippen LogP contribution in [0.3, 0.4) is 0 Å². The van der Waals surface area contributed by atoms with E-state index in [4.69, 9.17) is 0 Å². The van der Waals surface area contributed by atoms with Gasteiger partial charge in [0.05, 0.1) is 0 Å². The molecule has 0 heterocycles. The number of anilines is 1. The van der Waals surface area contributed by atoms with Crippen molar-refractivity contribution < 1.29 is 0 Å². The average molecular weight is 253 g/mol. The van der Waals surface area contributed by atoms with E-state index < -0.39 is 0 Å². The number of rotatable bonds is 5. The Bertz CT molecular complexity index is 531. The minimum atomic E-state index is 0.620. The van der Waals surface area contributed by atoms with Gasteiger partial charge in [0, 0.05) is 12.2 Å². The van der Waals surface area contributed by atoms with Gasteiger partial charge in [-0.3, -0.25) is 0 Å². The van der Waals surface area contributed by atoms with Gasteiger partial charge >= 0.3 is 0 Å². The number of hydrogen-bond acceptors (Lipinski definition) is 1. The largest absolute Gasteiger partial charge is 0.381 e. The summed E-state index contributed by atoms with van der Waals surface area (Å²) in [7, 11) is 0. The van der Waals surface area contributed by atoms with Crippen LogP contribution < -0.4 is 5.32 Å². The lowest BCUT2D eigenvalue weighted by molar-refractivity contribution is 0.724. The lowest BCUT2D eigenvalue weighted by Gasteiger charge is -2.16. The molecule has 1 unspecified atom stereocenters. The van der Waals surface area contributed by atoms with Crippen molar-refractivity contribution in [1.82, 2.24) is 0 Å². The van der Waals surface area contributed by atoms with E-state index in [1.165, 1.54) is 28.8 Å². The molecule has 100 valence electrons. The summed E-state index contributed by atoms with van der Waals surface area (Å²) < 4.78 is 0. The second-order valence-electron chi connectivity index (χ2n) is 5.18. The third-order valence-corrected chi connectivity index (χ3v) is 3.81. The number of aryl methyl sites for hydroxylation is 1. The Balaban J connectivity index is 2.14. The molecule has 0 aliphatic carbocycles. The molecule has 0 aliphatic heterocycles. The molecule has 2 aromatic rings. The summed E-state index contributed by atoms with van der Waals surface area (Å²) in [5.41, 5.74) is 5.39. The lowest BCUT2D eigenvalue weighted by atomic mass is 9.93. The molecular weight excluding hydrogens is 230 g/mol.